The molecule has 0 bridgehead atoms. The fourth-order valence-corrected chi connectivity index (χ4v) is 5.85. The van der Waals surface area contributed by atoms with Gasteiger partial charge in [-0.15, -0.1) is 0 Å². The van der Waals surface area contributed by atoms with Gasteiger partial charge in [0.25, 0.3) is 5.91 Å². The summed E-state index contributed by atoms with van der Waals surface area (Å²) in [7, 11) is -2.15. The second-order valence-electron chi connectivity index (χ2n) is 10.9. The number of phenolic OH excluding ortho intramolecular Hbond substituents is 1. The molecule has 32 heavy (non-hydrogen) atoms. The summed E-state index contributed by atoms with van der Waals surface area (Å²) in [6, 6.07) is 1.33. The highest BCUT2D eigenvalue weighted by Gasteiger charge is 2.56. The van der Waals surface area contributed by atoms with Gasteiger partial charge in [-0.25, -0.2) is 0 Å². The molecule has 8 nitrogen and oxygen atoms in total. The number of aromatic hydroxyl groups is 1. The third-order valence-electron chi connectivity index (χ3n) is 7.19. The normalized spacial score (nSPS) is 30.2. The van der Waals surface area contributed by atoms with Crippen LogP contribution in [0.25, 0.3) is 5.57 Å². The van der Waals surface area contributed by atoms with Crippen molar-refractivity contribution >= 4 is 19.8 Å². The molecule has 4 aliphatic rings. The third-order valence-corrected chi connectivity index (χ3v) is 11.7. The molecule has 2 N–H and O–H groups in total. The van der Waals surface area contributed by atoms with Crippen LogP contribution in [-0.4, -0.2) is 56.3 Å². The van der Waals surface area contributed by atoms with E-state index in [0.717, 1.165) is 5.57 Å². The Morgan fingerprint density at radius 2 is 1.88 bits per heavy atom. The second-order valence-corrected chi connectivity index (χ2v) is 15.6. The fourth-order valence-electron chi connectivity index (χ4n) is 4.61. The van der Waals surface area contributed by atoms with E-state index < -0.39 is 26.3 Å². The first-order valence-electron chi connectivity index (χ1n) is 11.0. The zero-order valence-electron chi connectivity index (χ0n) is 19.6. The number of nitrogens with one attached hydrogen (secondary N) is 1. The Kier molecular flexibility index (Phi) is 4.57. The minimum absolute atomic E-state index is 0.00281. The number of amides is 1. The van der Waals surface area contributed by atoms with Gasteiger partial charge in [-0.1, -0.05) is 20.8 Å². The molecular formula is C23H31NO7Si. The van der Waals surface area contributed by atoms with E-state index in [2.05, 4.69) is 39.2 Å². The third kappa shape index (κ3) is 3.17. The lowest BCUT2D eigenvalue weighted by atomic mass is 9.79. The van der Waals surface area contributed by atoms with Crippen LogP contribution < -0.4 is 14.8 Å². The van der Waals surface area contributed by atoms with E-state index in [-0.39, 0.29) is 47.0 Å². The molecule has 1 aliphatic carbocycles. The zero-order valence-corrected chi connectivity index (χ0v) is 20.6. The number of ether oxygens (including phenoxy) is 4. The highest BCUT2D eigenvalue weighted by Crippen LogP contribution is 2.51. The maximum atomic E-state index is 13.0. The van der Waals surface area contributed by atoms with Crippen LogP contribution in [0.4, 0.5) is 0 Å². The largest absolute Gasteiger partial charge is 0.504 e. The molecule has 0 unspecified atom stereocenters. The minimum atomic E-state index is -2.15. The van der Waals surface area contributed by atoms with E-state index in [4.69, 9.17) is 23.4 Å². The Morgan fingerprint density at radius 3 is 2.56 bits per heavy atom. The number of phenols is 1. The van der Waals surface area contributed by atoms with E-state index in [9.17, 15) is 9.90 Å². The van der Waals surface area contributed by atoms with Crippen molar-refractivity contribution < 1.29 is 33.3 Å². The van der Waals surface area contributed by atoms with Gasteiger partial charge in [0.15, 0.2) is 25.6 Å². The summed E-state index contributed by atoms with van der Waals surface area (Å²) in [4.78, 5) is 13.0. The number of fused-ring (bicyclic) bond motifs is 6. The smallest absolute Gasteiger partial charge is 0.256 e. The molecule has 1 aromatic rings. The molecule has 0 spiro atoms. The van der Waals surface area contributed by atoms with Crippen LogP contribution in [0.15, 0.2) is 12.1 Å². The first kappa shape index (κ1) is 21.8. The van der Waals surface area contributed by atoms with Crippen LogP contribution >= 0.6 is 0 Å². The molecule has 9 heteroatoms. The standard InChI is InChI=1S/C23H31NO7Si/c1-22(2,3)32(6,7)31-14-9-12-11-8-13-18(28-10-27-13)17(25)15(11)21(26)24-16(12)20-19(14)29-23(4,5)30-20/h8-9,14,16,19-20,25H,10H2,1-7H3,(H,24,26)/t14-,16+,19+,20-/m0/s1. The topological polar surface area (TPSA) is 95.5 Å². The van der Waals surface area contributed by atoms with E-state index >= 15 is 0 Å². The second kappa shape index (κ2) is 6.72. The van der Waals surface area contributed by atoms with Crippen LogP contribution in [0.2, 0.25) is 18.1 Å². The Labute approximate surface area is 189 Å². The molecule has 1 aromatic carbocycles. The monoisotopic (exact) mass is 461 g/mol. The Morgan fingerprint density at radius 1 is 1.19 bits per heavy atom. The molecule has 0 radical (unpaired) electrons. The van der Waals surface area contributed by atoms with Crippen LogP contribution in [0.1, 0.15) is 50.5 Å². The van der Waals surface area contributed by atoms with E-state index in [1.54, 1.807) is 6.07 Å². The number of hydrogen-bond donors (Lipinski definition) is 2. The van der Waals surface area contributed by atoms with Crippen molar-refractivity contribution in [1.29, 1.82) is 0 Å². The average molecular weight is 462 g/mol. The Hall–Kier alpha value is -2.07. The molecule has 1 saturated heterocycles. The van der Waals surface area contributed by atoms with Crippen LogP contribution in [0.5, 0.6) is 17.2 Å². The number of rotatable bonds is 2. The van der Waals surface area contributed by atoms with E-state index in [0.29, 0.717) is 11.3 Å². The summed E-state index contributed by atoms with van der Waals surface area (Å²) in [6.07, 6.45) is 0.878. The lowest BCUT2D eigenvalue weighted by Gasteiger charge is -2.44. The number of carbonyl (C=O) groups is 1. The van der Waals surface area contributed by atoms with E-state index in [1.165, 1.54) is 0 Å². The van der Waals surface area contributed by atoms with Crippen molar-refractivity contribution in [3.05, 3.63) is 23.3 Å². The summed E-state index contributed by atoms with van der Waals surface area (Å²) in [5.74, 6) is -0.783. The molecule has 174 valence electrons. The molecule has 3 heterocycles. The summed E-state index contributed by atoms with van der Waals surface area (Å²) in [5.41, 5.74) is 1.62. The van der Waals surface area contributed by atoms with Crippen molar-refractivity contribution in [2.24, 2.45) is 0 Å². The van der Waals surface area contributed by atoms with Crippen molar-refractivity contribution in [3.63, 3.8) is 0 Å². The quantitative estimate of drug-likeness (QED) is 0.651. The minimum Gasteiger partial charge on any atom is -0.504 e. The summed E-state index contributed by atoms with van der Waals surface area (Å²) in [6.45, 7) is 14.7. The first-order valence-corrected chi connectivity index (χ1v) is 13.9. The SMILES string of the molecule is CC1(C)O[C@@H]2[C@H](O1)[C@@H](O[Si](C)(C)C(C)(C)C)C=C1c3cc4c(c(O)c3C(=O)N[C@H]12)OCO4. The molecule has 0 saturated carbocycles. The van der Waals surface area contributed by atoms with Crippen LogP contribution in [0.3, 0.4) is 0 Å². The maximum Gasteiger partial charge on any atom is 0.256 e. The van der Waals surface area contributed by atoms with Gasteiger partial charge in [0, 0.05) is 5.56 Å². The number of hydrogen-bond acceptors (Lipinski definition) is 7. The summed E-state index contributed by atoms with van der Waals surface area (Å²) < 4.78 is 30.2. The van der Waals surface area contributed by atoms with Gasteiger partial charge in [-0.3, -0.25) is 4.79 Å². The van der Waals surface area contributed by atoms with Crippen molar-refractivity contribution in [2.75, 3.05) is 6.79 Å². The molecule has 5 rings (SSSR count). The predicted molar refractivity (Wildman–Crippen MR) is 119 cm³/mol. The first-order chi connectivity index (χ1) is 14.8. The highest BCUT2D eigenvalue weighted by atomic mass is 28.4. The summed E-state index contributed by atoms with van der Waals surface area (Å²) in [5, 5.41) is 13.8. The van der Waals surface area contributed by atoms with Crippen LogP contribution in [0, 0.1) is 0 Å². The lowest BCUT2D eigenvalue weighted by molar-refractivity contribution is -0.151. The van der Waals surface area contributed by atoms with Gasteiger partial charge < -0.3 is 33.8 Å². The van der Waals surface area contributed by atoms with Gasteiger partial charge in [0.05, 0.1) is 17.7 Å². The molecule has 3 aliphatic heterocycles. The van der Waals surface area contributed by atoms with Gasteiger partial charge in [-0.05, 0) is 49.7 Å². The molecule has 1 amide bonds. The highest BCUT2D eigenvalue weighted by molar-refractivity contribution is 6.74. The van der Waals surface area contributed by atoms with Gasteiger partial charge in [-0.2, -0.15) is 0 Å². The maximum absolute atomic E-state index is 13.0. The molecule has 0 aromatic heterocycles. The Bertz CT molecular complexity index is 1030. The van der Waals surface area contributed by atoms with Crippen molar-refractivity contribution in [2.45, 2.75) is 82.9 Å². The van der Waals surface area contributed by atoms with Crippen LogP contribution in [-0.2, 0) is 13.9 Å². The van der Waals surface area contributed by atoms with Gasteiger partial charge >= 0.3 is 0 Å². The van der Waals surface area contributed by atoms with Gasteiger partial charge in [0.2, 0.25) is 12.5 Å². The van der Waals surface area contributed by atoms with Crippen molar-refractivity contribution in [3.8, 4) is 17.2 Å². The Balaban J connectivity index is 1.64. The zero-order chi connectivity index (χ0) is 23.2. The van der Waals surface area contributed by atoms with Gasteiger partial charge in [0.1, 0.15) is 12.2 Å². The van der Waals surface area contributed by atoms with Crippen molar-refractivity contribution in [1.82, 2.24) is 5.32 Å². The number of carbonyl (C=O) groups excluding carboxylic acids is 1. The molecule has 1 fully saturated rings. The summed E-state index contributed by atoms with van der Waals surface area (Å²) >= 11 is 0. The number of benzene rings is 1. The van der Waals surface area contributed by atoms with E-state index in [1.807, 2.05) is 19.9 Å². The fraction of sp³-hybridized carbons (Fsp3) is 0.609. The average Bonchev–Trinajstić information content (AvgIpc) is 3.25. The molecule has 4 atom stereocenters. The molecular weight excluding hydrogens is 430 g/mol. The lowest BCUT2D eigenvalue weighted by Crippen LogP contribution is -2.58. The predicted octanol–water partition coefficient (Wildman–Crippen LogP) is 3.54.